The van der Waals surface area contributed by atoms with Crippen molar-refractivity contribution in [3.05, 3.63) is 70.8 Å². The van der Waals surface area contributed by atoms with E-state index in [1.54, 1.807) is 42.5 Å². The summed E-state index contributed by atoms with van der Waals surface area (Å²) in [5.41, 5.74) is 2.30. The zero-order chi connectivity index (χ0) is 18.1. The Bertz CT molecular complexity index is 823. The lowest BCUT2D eigenvalue weighted by molar-refractivity contribution is -0.117. The molecule has 0 bridgehead atoms. The minimum absolute atomic E-state index is 0.198. The van der Waals surface area contributed by atoms with Crippen LogP contribution in [-0.2, 0) is 16.1 Å². The fourth-order valence-electron chi connectivity index (χ4n) is 2.03. The molecule has 0 aliphatic carbocycles. The number of carbonyl (C=O) groups excluding carboxylic acids is 2. The molecule has 0 aliphatic rings. The Hall–Kier alpha value is -3.10. The Balaban J connectivity index is 1.88. The lowest BCUT2D eigenvalue weighted by Gasteiger charge is -2.07. The number of benzene rings is 2. The summed E-state index contributed by atoms with van der Waals surface area (Å²) >= 11 is 5.81. The predicted molar refractivity (Wildman–Crippen MR) is 97.6 cm³/mol. The third-order valence-corrected chi connectivity index (χ3v) is 3.47. The number of carbonyl (C=O) groups is 2. The van der Waals surface area contributed by atoms with E-state index in [0.717, 1.165) is 11.1 Å². The van der Waals surface area contributed by atoms with Gasteiger partial charge in [-0.2, -0.15) is 5.26 Å². The normalized spacial score (nSPS) is 10.2. The van der Waals surface area contributed by atoms with Crippen LogP contribution in [0.3, 0.4) is 0 Å². The third kappa shape index (κ3) is 6.50. The molecule has 0 spiro atoms. The molecule has 0 unspecified atom stereocenters. The lowest BCUT2D eigenvalue weighted by atomic mass is 10.2. The van der Waals surface area contributed by atoms with Crippen LogP contribution in [-0.4, -0.2) is 11.8 Å². The van der Waals surface area contributed by atoms with E-state index in [-0.39, 0.29) is 18.2 Å². The highest BCUT2D eigenvalue weighted by Crippen LogP contribution is 2.12. The first kappa shape index (κ1) is 18.2. The van der Waals surface area contributed by atoms with Gasteiger partial charge in [0, 0.05) is 23.3 Å². The molecule has 2 N–H and O–H groups in total. The highest BCUT2D eigenvalue weighted by atomic mass is 35.5. The fraction of sp³-hybridized carbons (Fsp3) is 0.105. The van der Waals surface area contributed by atoms with Gasteiger partial charge < -0.3 is 10.6 Å². The van der Waals surface area contributed by atoms with Gasteiger partial charge in [-0.3, -0.25) is 9.59 Å². The molecule has 0 saturated carbocycles. The van der Waals surface area contributed by atoms with E-state index in [0.29, 0.717) is 17.3 Å². The van der Waals surface area contributed by atoms with Crippen LogP contribution < -0.4 is 10.6 Å². The van der Waals surface area contributed by atoms with Crippen LogP contribution in [0.25, 0.3) is 6.08 Å². The topological polar surface area (TPSA) is 82.0 Å². The molecule has 2 rings (SSSR count). The number of hydrogen-bond donors (Lipinski definition) is 2. The van der Waals surface area contributed by atoms with E-state index >= 15 is 0 Å². The summed E-state index contributed by atoms with van der Waals surface area (Å²) in [5.74, 6) is -0.594. The molecular formula is C19H16ClN3O2. The summed E-state index contributed by atoms with van der Waals surface area (Å²) in [6.07, 6.45) is 2.95. The van der Waals surface area contributed by atoms with Gasteiger partial charge in [0.05, 0.1) is 6.07 Å². The van der Waals surface area contributed by atoms with Crippen LogP contribution in [0.1, 0.15) is 17.5 Å². The van der Waals surface area contributed by atoms with Gasteiger partial charge in [-0.1, -0.05) is 35.9 Å². The van der Waals surface area contributed by atoms with Crippen molar-refractivity contribution in [1.82, 2.24) is 5.32 Å². The largest absolute Gasteiger partial charge is 0.348 e. The molecule has 2 amide bonds. The van der Waals surface area contributed by atoms with Gasteiger partial charge in [-0.05, 0) is 41.5 Å². The average Bonchev–Trinajstić information content (AvgIpc) is 2.60. The summed E-state index contributed by atoms with van der Waals surface area (Å²) in [4.78, 5) is 23.3. The third-order valence-electron chi connectivity index (χ3n) is 3.21. The molecule has 0 aliphatic heterocycles. The predicted octanol–water partition coefficient (Wildman–Crippen LogP) is 3.52. The van der Waals surface area contributed by atoms with Crippen LogP contribution in [0.4, 0.5) is 5.69 Å². The summed E-state index contributed by atoms with van der Waals surface area (Å²) in [7, 11) is 0. The molecule has 2 aromatic rings. The van der Waals surface area contributed by atoms with Crippen LogP contribution >= 0.6 is 11.6 Å². The molecule has 126 valence electrons. The Morgan fingerprint density at radius 2 is 1.92 bits per heavy atom. The molecule has 0 aromatic heterocycles. The van der Waals surface area contributed by atoms with E-state index < -0.39 is 0 Å². The minimum atomic E-state index is -0.366. The van der Waals surface area contributed by atoms with E-state index in [1.807, 2.05) is 18.2 Å². The molecule has 2 aromatic carbocycles. The van der Waals surface area contributed by atoms with Gasteiger partial charge in [0.15, 0.2) is 0 Å². The lowest BCUT2D eigenvalue weighted by Crippen LogP contribution is -2.20. The highest BCUT2D eigenvalue weighted by molar-refractivity contribution is 6.30. The maximum absolute atomic E-state index is 11.9. The van der Waals surface area contributed by atoms with Gasteiger partial charge in [0.2, 0.25) is 11.8 Å². The second-order valence-corrected chi connectivity index (χ2v) is 5.62. The highest BCUT2D eigenvalue weighted by Gasteiger charge is 2.03. The van der Waals surface area contributed by atoms with Crippen molar-refractivity contribution in [2.75, 3.05) is 5.32 Å². The molecule has 0 radical (unpaired) electrons. The van der Waals surface area contributed by atoms with E-state index in [4.69, 9.17) is 16.9 Å². The molecule has 0 fully saturated rings. The summed E-state index contributed by atoms with van der Waals surface area (Å²) in [6.45, 7) is 0.325. The number of nitriles is 1. The first-order valence-electron chi connectivity index (χ1n) is 7.54. The molecule has 0 heterocycles. The number of hydrogen-bond acceptors (Lipinski definition) is 3. The quantitative estimate of drug-likeness (QED) is 0.779. The maximum atomic E-state index is 11.9. The van der Waals surface area contributed by atoms with Crippen LogP contribution in [0, 0.1) is 11.3 Å². The first-order chi connectivity index (χ1) is 12.1. The van der Waals surface area contributed by atoms with Gasteiger partial charge >= 0.3 is 0 Å². The standard InChI is InChI=1S/C19H16ClN3O2/c20-16-7-4-14(5-8-16)6-9-18(24)22-13-15-2-1-3-17(12-15)23-19(25)10-11-21/h1-9,12H,10,13H2,(H,22,24)(H,23,25)/b9-6+. The van der Waals surface area contributed by atoms with E-state index in [2.05, 4.69) is 10.6 Å². The van der Waals surface area contributed by atoms with Gasteiger partial charge in [-0.15, -0.1) is 0 Å². The summed E-state index contributed by atoms with van der Waals surface area (Å²) < 4.78 is 0. The SMILES string of the molecule is N#CCC(=O)Nc1cccc(CNC(=O)/C=C/c2ccc(Cl)cc2)c1. The smallest absolute Gasteiger partial charge is 0.244 e. The Morgan fingerprint density at radius 1 is 1.16 bits per heavy atom. The monoisotopic (exact) mass is 353 g/mol. The molecular weight excluding hydrogens is 338 g/mol. The molecule has 0 atom stereocenters. The average molecular weight is 354 g/mol. The van der Waals surface area contributed by atoms with E-state index in [9.17, 15) is 9.59 Å². The number of nitrogens with one attached hydrogen (secondary N) is 2. The van der Waals surface area contributed by atoms with E-state index in [1.165, 1.54) is 6.08 Å². The van der Waals surface area contributed by atoms with Crippen LogP contribution in [0.2, 0.25) is 5.02 Å². The molecule has 25 heavy (non-hydrogen) atoms. The Morgan fingerprint density at radius 3 is 2.64 bits per heavy atom. The maximum Gasteiger partial charge on any atom is 0.244 e. The second kappa shape index (κ2) is 9.26. The van der Waals surface area contributed by atoms with Gasteiger partial charge in [0.25, 0.3) is 0 Å². The molecule has 0 saturated heterocycles. The molecule has 6 heteroatoms. The molecule has 5 nitrogen and oxygen atoms in total. The minimum Gasteiger partial charge on any atom is -0.348 e. The van der Waals surface area contributed by atoms with Crippen molar-refractivity contribution < 1.29 is 9.59 Å². The zero-order valence-electron chi connectivity index (χ0n) is 13.3. The Kier molecular flexibility index (Phi) is 6.76. The number of anilines is 1. The second-order valence-electron chi connectivity index (χ2n) is 5.19. The van der Waals surface area contributed by atoms with Crippen LogP contribution in [0.5, 0.6) is 0 Å². The number of rotatable bonds is 6. The number of halogens is 1. The van der Waals surface area contributed by atoms with Crippen molar-refractivity contribution in [3.63, 3.8) is 0 Å². The fourth-order valence-corrected chi connectivity index (χ4v) is 2.16. The number of nitrogens with zero attached hydrogens (tertiary/aromatic N) is 1. The Labute approximate surface area is 150 Å². The van der Waals surface area contributed by atoms with Crippen molar-refractivity contribution >= 4 is 35.2 Å². The first-order valence-corrected chi connectivity index (χ1v) is 7.92. The van der Waals surface area contributed by atoms with Crippen molar-refractivity contribution in [2.24, 2.45) is 0 Å². The zero-order valence-corrected chi connectivity index (χ0v) is 14.1. The van der Waals surface area contributed by atoms with Crippen molar-refractivity contribution in [3.8, 4) is 6.07 Å². The number of amides is 2. The van der Waals surface area contributed by atoms with Gasteiger partial charge in [-0.25, -0.2) is 0 Å². The summed E-state index contributed by atoms with van der Waals surface area (Å²) in [6, 6.07) is 16.0. The van der Waals surface area contributed by atoms with Crippen molar-refractivity contribution in [2.45, 2.75) is 13.0 Å². The van der Waals surface area contributed by atoms with Crippen LogP contribution in [0.15, 0.2) is 54.6 Å². The van der Waals surface area contributed by atoms with Crippen molar-refractivity contribution in [1.29, 1.82) is 5.26 Å². The summed E-state index contributed by atoms with van der Waals surface area (Å²) in [5, 5.41) is 14.5. The van der Waals surface area contributed by atoms with Gasteiger partial charge in [0.1, 0.15) is 6.42 Å².